The summed E-state index contributed by atoms with van der Waals surface area (Å²) in [5.41, 5.74) is 4.06. The van der Waals surface area contributed by atoms with E-state index in [1.165, 1.54) is 4.80 Å². The van der Waals surface area contributed by atoms with Crippen LogP contribution in [-0.4, -0.2) is 49.1 Å². The van der Waals surface area contributed by atoms with Gasteiger partial charge >= 0.3 is 0 Å². The first-order chi connectivity index (χ1) is 16.6. The van der Waals surface area contributed by atoms with Crippen molar-refractivity contribution in [2.45, 2.75) is 39.7 Å². The first-order valence-corrected chi connectivity index (χ1v) is 11.4. The summed E-state index contributed by atoms with van der Waals surface area (Å²) in [5, 5.41) is 12.7. The largest absolute Gasteiger partial charge is 0.493 e. The molecular weight excluding hydrogens is 432 g/mol. The average Bonchev–Trinajstić information content (AvgIpc) is 3.61. The van der Waals surface area contributed by atoms with Gasteiger partial charge in [0, 0.05) is 6.54 Å². The highest BCUT2D eigenvalue weighted by molar-refractivity contribution is 5.98. The van der Waals surface area contributed by atoms with Crippen LogP contribution in [0.25, 0.3) is 17.1 Å². The third kappa shape index (κ3) is 3.93. The van der Waals surface area contributed by atoms with Crippen LogP contribution in [0.1, 0.15) is 53.2 Å². The predicted octanol–water partition coefficient (Wildman–Crippen LogP) is 4.31. The van der Waals surface area contributed by atoms with Gasteiger partial charge < -0.3 is 14.2 Å². The lowest BCUT2D eigenvalue weighted by atomic mass is 10.0. The van der Waals surface area contributed by atoms with E-state index in [0.29, 0.717) is 41.9 Å². The summed E-state index contributed by atoms with van der Waals surface area (Å²) in [5.74, 6) is 1.47. The first kappa shape index (κ1) is 21.8. The van der Waals surface area contributed by atoms with Crippen LogP contribution >= 0.6 is 0 Å². The maximum Gasteiger partial charge on any atom is 0.256 e. The van der Waals surface area contributed by atoms with Gasteiger partial charge in [-0.3, -0.25) is 4.79 Å². The van der Waals surface area contributed by atoms with E-state index in [9.17, 15) is 4.79 Å². The molecule has 0 bridgehead atoms. The summed E-state index contributed by atoms with van der Waals surface area (Å²) in [6, 6.07) is 11.1. The average molecular weight is 459 g/mol. The van der Waals surface area contributed by atoms with Gasteiger partial charge in [-0.25, -0.2) is 0 Å². The number of hydrogen-bond acceptors (Lipinski definition) is 7. The Hall–Kier alpha value is -4.01. The topological polar surface area (TPSA) is 99.2 Å². The Labute approximate surface area is 197 Å². The standard InChI is InChI=1S/C25H26N6O3/c1-4-33-22-10-6-5-8-18(22)23-28-24(34-29-23)20-9-7-13-30(20)25(32)19-14-16(2)17(3)15-21(19)31-26-11-12-27-31/h5-6,8,10-12,14-15,20H,4,7,9,13H2,1-3H3/t20-/m0/s1. The van der Waals surface area contributed by atoms with Crippen LogP contribution in [0.15, 0.2) is 53.3 Å². The molecule has 174 valence electrons. The monoisotopic (exact) mass is 458 g/mol. The van der Waals surface area contributed by atoms with E-state index in [4.69, 9.17) is 9.26 Å². The van der Waals surface area contributed by atoms with E-state index in [1.807, 2.05) is 62.1 Å². The van der Waals surface area contributed by atoms with Crippen LogP contribution in [0.3, 0.4) is 0 Å². The van der Waals surface area contributed by atoms with Crippen molar-refractivity contribution in [2.24, 2.45) is 0 Å². The second-order valence-electron chi connectivity index (χ2n) is 8.31. The van der Waals surface area contributed by atoms with Crippen molar-refractivity contribution in [1.82, 2.24) is 30.0 Å². The van der Waals surface area contributed by atoms with Gasteiger partial charge in [0.25, 0.3) is 5.91 Å². The first-order valence-electron chi connectivity index (χ1n) is 11.4. The lowest BCUT2D eigenvalue weighted by Crippen LogP contribution is -2.32. The fraction of sp³-hybridized carbons (Fsp3) is 0.320. The zero-order valence-corrected chi connectivity index (χ0v) is 19.4. The Morgan fingerprint density at radius 1 is 1.15 bits per heavy atom. The molecule has 1 saturated heterocycles. The molecule has 1 aliphatic heterocycles. The third-order valence-electron chi connectivity index (χ3n) is 6.14. The van der Waals surface area contributed by atoms with Crippen LogP contribution < -0.4 is 4.74 Å². The van der Waals surface area contributed by atoms with E-state index in [2.05, 4.69) is 20.3 Å². The number of carbonyl (C=O) groups is 1. The van der Waals surface area contributed by atoms with Crippen molar-refractivity contribution in [3.8, 4) is 22.8 Å². The molecule has 0 radical (unpaired) electrons. The summed E-state index contributed by atoms with van der Waals surface area (Å²) in [6.07, 6.45) is 4.80. The van der Waals surface area contributed by atoms with Gasteiger partial charge in [-0.15, -0.1) is 0 Å². The predicted molar refractivity (Wildman–Crippen MR) is 125 cm³/mol. The Kier molecular flexibility index (Phi) is 5.83. The van der Waals surface area contributed by atoms with E-state index in [0.717, 1.165) is 29.5 Å². The minimum Gasteiger partial charge on any atom is -0.493 e. The van der Waals surface area contributed by atoms with Gasteiger partial charge in [-0.05, 0) is 69.0 Å². The van der Waals surface area contributed by atoms with Crippen molar-refractivity contribution >= 4 is 5.91 Å². The zero-order chi connectivity index (χ0) is 23.7. The molecule has 2 aromatic carbocycles. The van der Waals surface area contributed by atoms with Gasteiger partial charge in [0.15, 0.2) is 0 Å². The molecule has 4 aromatic rings. The number of likely N-dealkylation sites (tertiary alicyclic amines) is 1. The molecule has 0 saturated carbocycles. The molecule has 1 aliphatic rings. The van der Waals surface area contributed by atoms with Crippen LogP contribution in [0.2, 0.25) is 0 Å². The summed E-state index contributed by atoms with van der Waals surface area (Å²) >= 11 is 0. The Bertz CT molecular complexity index is 1310. The Balaban J connectivity index is 1.48. The lowest BCUT2D eigenvalue weighted by molar-refractivity contribution is 0.0709. The second-order valence-corrected chi connectivity index (χ2v) is 8.31. The van der Waals surface area contributed by atoms with E-state index in [-0.39, 0.29) is 11.9 Å². The molecule has 5 rings (SSSR count). The maximum atomic E-state index is 13.8. The summed E-state index contributed by atoms with van der Waals surface area (Å²) in [4.78, 5) is 21.7. The molecule has 9 heteroatoms. The number of hydrogen-bond donors (Lipinski definition) is 0. The maximum absolute atomic E-state index is 13.8. The number of benzene rings is 2. The summed E-state index contributed by atoms with van der Waals surface area (Å²) < 4.78 is 11.4. The number of carbonyl (C=O) groups excluding carboxylic acids is 1. The second kappa shape index (κ2) is 9.09. The number of amides is 1. The van der Waals surface area contributed by atoms with E-state index < -0.39 is 0 Å². The molecule has 9 nitrogen and oxygen atoms in total. The minimum atomic E-state index is -0.298. The Morgan fingerprint density at radius 3 is 2.71 bits per heavy atom. The lowest BCUT2D eigenvalue weighted by Gasteiger charge is -2.23. The fourth-order valence-corrected chi connectivity index (χ4v) is 4.31. The molecule has 0 N–H and O–H groups in total. The zero-order valence-electron chi connectivity index (χ0n) is 19.4. The van der Waals surface area contributed by atoms with Crippen molar-refractivity contribution in [3.63, 3.8) is 0 Å². The van der Waals surface area contributed by atoms with Gasteiger partial charge in [0.05, 0.1) is 35.8 Å². The number of ether oxygens (including phenoxy) is 1. The van der Waals surface area contributed by atoms with Crippen molar-refractivity contribution in [3.05, 3.63) is 71.4 Å². The highest BCUT2D eigenvalue weighted by Crippen LogP contribution is 2.35. The van der Waals surface area contributed by atoms with E-state index in [1.54, 1.807) is 12.4 Å². The van der Waals surface area contributed by atoms with Crippen molar-refractivity contribution in [2.75, 3.05) is 13.2 Å². The molecule has 1 amide bonds. The Morgan fingerprint density at radius 2 is 1.91 bits per heavy atom. The molecule has 34 heavy (non-hydrogen) atoms. The normalized spacial score (nSPS) is 15.6. The smallest absolute Gasteiger partial charge is 0.256 e. The number of aromatic nitrogens is 5. The molecule has 0 spiro atoms. The molecule has 1 atom stereocenters. The van der Waals surface area contributed by atoms with Gasteiger partial charge in [0.1, 0.15) is 11.8 Å². The highest BCUT2D eigenvalue weighted by Gasteiger charge is 2.36. The van der Waals surface area contributed by atoms with Gasteiger partial charge in [-0.2, -0.15) is 20.0 Å². The fourth-order valence-electron chi connectivity index (χ4n) is 4.31. The number of aryl methyl sites for hydroxylation is 2. The van der Waals surface area contributed by atoms with E-state index >= 15 is 0 Å². The number of rotatable bonds is 6. The molecule has 1 fully saturated rings. The quantitative estimate of drug-likeness (QED) is 0.424. The van der Waals surface area contributed by atoms with Gasteiger partial charge in [0.2, 0.25) is 11.7 Å². The molecule has 0 aliphatic carbocycles. The summed E-state index contributed by atoms with van der Waals surface area (Å²) in [6.45, 7) is 7.08. The summed E-state index contributed by atoms with van der Waals surface area (Å²) in [7, 11) is 0. The van der Waals surface area contributed by atoms with Crippen molar-refractivity contribution < 1.29 is 14.1 Å². The minimum absolute atomic E-state index is 0.104. The molecular formula is C25H26N6O3. The molecule has 2 aromatic heterocycles. The molecule has 3 heterocycles. The van der Waals surface area contributed by atoms with Crippen molar-refractivity contribution in [1.29, 1.82) is 0 Å². The number of para-hydroxylation sites is 1. The van der Waals surface area contributed by atoms with Crippen LogP contribution in [0.5, 0.6) is 5.75 Å². The third-order valence-corrected chi connectivity index (χ3v) is 6.14. The number of nitrogens with zero attached hydrogens (tertiary/aromatic N) is 6. The highest BCUT2D eigenvalue weighted by atomic mass is 16.5. The van der Waals surface area contributed by atoms with Crippen LogP contribution in [0, 0.1) is 13.8 Å². The molecule has 0 unspecified atom stereocenters. The SMILES string of the molecule is CCOc1ccccc1-c1noc([C@@H]2CCCN2C(=O)c2cc(C)c(C)cc2-n2nccn2)n1. The van der Waals surface area contributed by atoms with Crippen LogP contribution in [-0.2, 0) is 0 Å². The van der Waals surface area contributed by atoms with Gasteiger partial charge in [-0.1, -0.05) is 17.3 Å². The van der Waals surface area contributed by atoms with Crippen LogP contribution in [0.4, 0.5) is 0 Å².